The number of halogens is 3. The molecule has 22 heavy (non-hydrogen) atoms. The first-order valence-electron chi connectivity index (χ1n) is 5.70. The molecule has 0 aromatic heterocycles. The number of carbonyl (C=O) groups excluding carboxylic acids is 1. The van der Waals surface area contributed by atoms with Gasteiger partial charge in [0.1, 0.15) is 0 Å². The number of ether oxygens (including phenoxy) is 1. The molecular formula is C16H14Cl3O2Zr-2. The quantitative estimate of drug-likeness (QED) is 0.260. The molecule has 2 aromatic carbocycles. The molecule has 3 rings (SSSR count). The largest absolute Gasteiger partial charge is 3.00 e. The van der Waals surface area contributed by atoms with E-state index in [4.69, 9.17) is 0 Å². The Kier molecular flexibility index (Phi) is 15.6. The fraction of sp³-hybridized carbons (Fsp3) is 0.125. The van der Waals surface area contributed by atoms with E-state index in [1.54, 1.807) is 0 Å². The fourth-order valence-corrected chi connectivity index (χ4v) is 2.00. The molecule has 0 fully saturated rings. The van der Waals surface area contributed by atoms with Crippen LogP contribution in [0, 0.1) is 13.0 Å². The zero-order valence-corrected chi connectivity index (χ0v) is 16.6. The van der Waals surface area contributed by atoms with E-state index in [0.717, 1.165) is 6.42 Å². The minimum Gasteiger partial charge on any atom is -1.00 e. The fourth-order valence-electron chi connectivity index (χ4n) is 2.00. The topological polar surface area (TPSA) is 26.3 Å². The number of methoxy groups -OCH3 is 1. The number of benzene rings is 2. The number of carbonyl (C=O) groups is 1. The maximum Gasteiger partial charge on any atom is 3.00 e. The minimum atomic E-state index is -0.495. The third-order valence-electron chi connectivity index (χ3n) is 2.84. The van der Waals surface area contributed by atoms with Crippen LogP contribution in [-0.4, -0.2) is 13.1 Å². The molecule has 0 N–H and O–H groups in total. The van der Waals surface area contributed by atoms with Crippen molar-refractivity contribution in [2.24, 2.45) is 0 Å². The Morgan fingerprint density at radius 1 is 1.09 bits per heavy atom. The normalized spacial score (nSPS) is 8.77. The van der Waals surface area contributed by atoms with Crippen molar-refractivity contribution in [1.29, 1.82) is 0 Å². The van der Waals surface area contributed by atoms with Crippen molar-refractivity contribution in [2.75, 3.05) is 7.11 Å². The van der Waals surface area contributed by atoms with Gasteiger partial charge in [0.2, 0.25) is 0 Å². The molecule has 0 aliphatic heterocycles. The van der Waals surface area contributed by atoms with Crippen LogP contribution in [0.15, 0.2) is 42.5 Å². The van der Waals surface area contributed by atoms with Gasteiger partial charge in [-0.3, -0.25) is 11.7 Å². The molecule has 0 spiro atoms. The van der Waals surface area contributed by atoms with E-state index >= 15 is 0 Å². The average Bonchev–Trinajstić information content (AvgIpc) is 2.78. The Morgan fingerprint density at radius 2 is 1.64 bits per heavy atom. The Labute approximate surface area is 169 Å². The number of rotatable bonds is 0. The second-order valence-electron chi connectivity index (χ2n) is 3.97. The predicted octanol–water partition coefficient (Wildman–Crippen LogP) is -5.94. The van der Waals surface area contributed by atoms with Gasteiger partial charge in [-0.15, -0.1) is 5.56 Å². The van der Waals surface area contributed by atoms with Gasteiger partial charge in [0.15, 0.2) is 5.97 Å². The van der Waals surface area contributed by atoms with Gasteiger partial charge in [-0.25, -0.2) is 0 Å². The van der Waals surface area contributed by atoms with Gasteiger partial charge in [0.05, 0.1) is 7.11 Å². The van der Waals surface area contributed by atoms with Crippen LogP contribution >= 0.6 is 0 Å². The van der Waals surface area contributed by atoms with Crippen molar-refractivity contribution in [3.8, 4) is 11.1 Å². The Balaban J connectivity index is -0.000000361. The summed E-state index contributed by atoms with van der Waals surface area (Å²) in [5, 5.41) is 0. The molecule has 0 unspecified atom stereocenters. The van der Waals surface area contributed by atoms with Crippen LogP contribution in [0.4, 0.5) is 0 Å². The van der Waals surface area contributed by atoms with Gasteiger partial charge in [-0.05, 0) is 6.42 Å². The molecule has 0 amide bonds. The molecule has 6 heteroatoms. The summed E-state index contributed by atoms with van der Waals surface area (Å²) in [6, 6.07) is 18.1. The number of fused-ring (bicyclic) bond motifs is 3. The van der Waals surface area contributed by atoms with Gasteiger partial charge in [-0.1, -0.05) is 35.4 Å². The summed E-state index contributed by atoms with van der Waals surface area (Å²) in [6.07, 6.45) is 1.05. The zero-order valence-electron chi connectivity index (χ0n) is 11.9. The van der Waals surface area contributed by atoms with E-state index in [1.807, 2.05) is 6.07 Å². The summed E-state index contributed by atoms with van der Waals surface area (Å²) in [6.45, 7) is 2.90. The van der Waals surface area contributed by atoms with Crippen LogP contribution < -0.4 is 37.2 Å². The van der Waals surface area contributed by atoms with Crippen LogP contribution in [0.25, 0.3) is 11.1 Å². The first kappa shape index (κ1) is 26.4. The Bertz CT molecular complexity index is 533. The number of hydrogen-bond acceptors (Lipinski definition) is 2. The minimum absolute atomic E-state index is 0. The number of esters is 1. The second-order valence-corrected chi connectivity index (χ2v) is 3.97. The van der Waals surface area contributed by atoms with Gasteiger partial charge in [-0.2, -0.15) is 29.8 Å². The maximum absolute atomic E-state index is 9.48. The first-order chi connectivity index (χ1) is 8.72. The van der Waals surface area contributed by atoms with Gasteiger partial charge in [0.25, 0.3) is 0 Å². The zero-order chi connectivity index (χ0) is 13.0. The molecule has 0 saturated carbocycles. The Morgan fingerprint density at radius 3 is 2.23 bits per heavy atom. The summed E-state index contributed by atoms with van der Waals surface area (Å²) >= 11 is 0. The van der Waals surface area contributed by atoms with E-state index in [2.05, 4.69) is 54.1 Å². The summed E-state index contributed by atoms with van der Waals surface area (Å²) in [5.41, 5.74) is 5.51. The molecule has 1 aliphatic rings. The molecule has 2 nitrogen and oxygen atoms in total. The van der Waals surface area contributed by atoms with E-state index < -0.39 is 5.97 Å². The van der Waals surface area contributed by atoms with Crippen molar-refractivity contribution in [3.05, 3.63) is 66.6 Å². The molecule has 1 radical (unpaired) electrons. The van der Waals surface area contributed by atoms with Crippen LogP contribution in [0.1, 0.15) is 11.1 Å². The van der Waals surface area contributed by atoms with Crippen LogP contribution in [0.5, 0.6) is 0 Å². The SMILES string of the molecule is [CH2-]C(=O)OC.[Cl-].[Cl-].[Cl-].[Zr+3].[c-]1cccc2c1Cc1ccccc1-2. The predicted molar refractivity (Wildman–Crippen MR) is 70.9 cm³/mol. The van der Waals surface area contributed by atoms with E-state index in [9.17, 15) is 4.79 Å². The van der Waals surface area contributed by atoms with Crippen molar-refractivity contribution < 1.29 is 73.0 Å². The van der Waals surface area contributed by atoms with Gasteiger partial charge in [0, 0.05) is 0 Å². The molecule has 0 atom stereocenters. The molecular weight excluding hydrogens is 422 g/mol. The summed E-state index contributed by atoms with van der Waals surface area (Å²) in [7, 11) is 1.29. The molecule has 1 aliphatic carbocycles. The standard InChI is InChI=1S/C13H9.C3H5O2.3ClH.Zr/c1-3-7-12-10(5-1)9-11-6-2-4-8-13(11)12;1-3(4)5-2;;;;/h1-5,7-8H,9H2;1H2,2H3;3*1H;/q2*-1;;;;+3/p-3. The van der Waals surface area contributed by atoms with Crippen molar-refractivity contribution in [1.82, 2.24) is 0 Å². The second kappa shape index (κ2) is 13.0. The molecule has 2 aromatic rings. The van der Waals surface area contributed by atoms with Crippen molar-refractivity contribution in [2.45, 2.75) is 6.42 Å². The van der Waals surface area contributed by atoms with Gasteiger partial charge < -0.3 is 42.0 Å². The van der Waals surface area contributed by atoms with E-state index in [0.29, 0.717) is 0 Å². The summed E-state index contributed by atoms with van der Waals surface area (Å²) < 4.78 is 4.00. The molecule has 0 bridgehead atoms. The van der Waals surface area contributed by atoms with E-state index in [1.165, 1.54) is 29.4 Å². The first-order valence-corrected chi connectivity index (χ1v) is 5.70. The molecule has 117 valence electrons. The number of hydrogen-bond donors (Lipinski definition) is 0. The monoisotopic (exact) mass is 433 g/mol. The Hall–Kier alpha value is -0.467. The van der Waals surface area contributed by atoms with Crippen LogP contribution in [0.3, 0.4) is 0 Å². The molecule has 0 heterocycles. The van der Waals surface area contributed by atoms with Crippen molar-refractivity contribution in [3.63, 3.8) is 0 Å². The molecule has 0 saturated heterocycles. The van der Waals surface area contributed by atoms with Crippen LogP contribution in [-0.2, 0) is 42.2 Å². The third kappa shape index (κ3) is 6.75. The summed E-state index contributed by atoms with van der Waals surface area (Å²) in [5.74, 6) is -0.495. The van der Waals surface area contributed by atoms with Gasteiger partial charge >= 0.3 is 26.2 Å². The van der Waals surface area contributed by atoms with E-state index in [-0.39, 0.29) is 63.4 Å². The van der Waals surface area contributed by atoms with Crippen molar-refractivity contribution >= 4 is 5.97 Å². The smallest absolute Gasteiger partial charge is 1.00 e. The third-order valence-corrected chi connectivity index (χ3v) is 2.84. The maximum atomic E-state index is 9.48. The average molecular weight is 436 g/mol. The van der Waals surface area contributed by atoms with Crippen LogP contribution in [0.2, 0.25) is 0 Å². The summed E-state index contributed by atoms with van der Waals surface area (Å²) in [4.78, 5) is 9.48.